The Bertz CT molecular complexity index is 652. The average Bonchev–Trinajstić information content (AvgIpc) is 2.99. The van der Waals surface area contributed by atoms with Gasteiger partial charge in [-0.15, -0.1) is 11.3 Å². The number of aryl methyl sites for hydroxylation is 2. The summed E-state index contributed by atoms with van der Waals surface area (Å²) in [5, 5.41) is 2.90. The van der Waals surface area contributed by atoms with E-state index < -0.39 is 0 Å². The van der Waals surface area contributed by atoms with Crippen molar-refractivity contribution < 1.29 is 4.79 Å². The molecule has 1 aliphatic rings. The molecule has 5 heteroatoms. The zero-order valence-corrected chi connectivity index (χ0v) is 12.4. The summed E-state index contributed by atoms with van der Waals surface area (Å²) in [6, 6.07) is 9.27. The summed E-state index contributed by atoms with van der Waals surface area (Å²) in [5.74, 6) is -0.0486. The highest BCUT2D eigenvalue weighted by molar-refractivity contribution is 7.80. The number of carbonyl (C=O) groups is 1. The summed E-state index contributed by atoms with van der Waals surface area (Å²) >= 11 is 6.50. The summed E-state index contributed by atoms with van der Waals surface area (Å²) in [6.45, 7) is 0. The van der Waals surface area contributed by atoms with Gasteiger partial charge in [0.05, 0.1) is 4.88 Å². The highest BCUT2D eigenvalue weighted by Gasteiger charge is 2.18. The van der Waals surface area contributed by atoms with Gasteiger partial charge in [0.15, 0.2) is 0 Å². The molecule has 20 heavy (non-hydrogen) atoms. The van der Waals surface area contributed by atoms with Crippen molar-refractivity contribution in [1.29, 1.82) is 0 Å². The molecule has 0 aliphatic heterocycles. The van der Waals surface area contributed by atoms with Crippen LogP contribution in [-0.4, -0.2) is 10.9 Å². The van der Waals surface area contributed by atoms with E-state index in [0.717, 1.165) is 29.0 Å². The van der Waals surface area contributed by atoms with E-state index in [0.29, 0.717) is 4.99 Å². The molecule has 1 heterocycles. The lowest BCUT2D eigenvalue weighted by atomic mass is 10.2. The number of nitrogens with two attached hydrogens (primary N) is 1. The number of benzene rings is 1. The maximum atomic E-state index is 12.2. The van der Waals surface area contributed by atoms with Gasteiger partial charge in [-0.25, -0.2) is 0 Å². The highest BCUT2D eigenvalue weighted by atomic mass is 32.1. The lowest BCUT2D eigenvalue weighted by Gasteiger charge is -2.04. The summed E-state index contributed by atoms with van der Waals surface area (Å²) in [5.41, 5.74) is 8.43. The number of anilines is 1. The topological polar surface area (TPSA) is 55.1 Å². The Hall–Kier alpha value is -1.72. The summed E-state index contributed by atoms with van der Waals surface area (Å²) < 4.78 is 0. The monoisotopic (exact) mass is 302 g/mol. The smallest absolute Gasteiger partial charge is 0.265 e. The molecule has 0 fully saturated rings. The molecule has 3 rings (SSSR count). The Morgan fingerprint density at radius 2 is 2.00 bits per heavy atom. The first kappa shape index (κ1) is 13.3. The van der Waals surface area contributed by atoms with E-state index in [1.807, 2.05) is 30.3 Å². The van der Waals surface area contributed by atoms with Gasteiger partial charge < -0.3 is 11.1 Å². The predicted octanol–water partition coefficient (Wildman–Crippen LogP) is 3.12. The maximum absolute atomic E-state index is 12.2. The molecule has 1 amide bonds. The van der Waals surface area contributed by atoms with E-state index in [9.17, 15) is 4.79 Å². The van der Waals surface area contributed by atoms with Gasteiger partial charge in [-0.1, -0.05) is 12.2 Å². The standard InChI is InChI=1S/C15H14N2OS2/c16-14(19)9-4-6-11(7-5-9)17-15(18)13-8-10-2-1-3-12(10)20-13/h4-8H,1-3H2,(H2,16,19)(H,17,18). The molecular formula is C15H14N2OS2. The van der Waals surface area contributed by atoms with Crippen molar-refractivity contribution in [2.45, 2.75) is 19.3 Å². The molecule has 102 valence electrons. The molecule has 2 aromatic rings. The molecule has 0 saturated heterocycles. The maximum Gasteiger partial charge on any atom is 0.265 e. The van der Waals surface area contributed by atoms with Crippen LogP contribution in [0.2, 0.25) is 0 Å². The molecule has 0 radical (unpaired) electrons. The van der Waals surface area contributed by atoms with E-state index in [4.69, 9.17) is 18.0 Å². The van der Waals surface area contributed by atoms with Crippen LogP contribution >= 0.6 is 23.6 Å². The molecule has 0 saturated carbocycles. The minimum absolute atomic E-state index is 0.0486. The van der Waals surface area contributed by atoms with Crippen molar-refractivity contribution in [3.8, 4) is 0 Å². The van der Waals surface area contributed by atoms with E-state index >= 15 is 0 Å². The fraction of sp³-hybridized carbons (Fsp3) is 0.200. The summed E-state index contributed by atoms with van der Waals surface area (Å²) in [4.78, 5) is 14.7. The lowest BCUT2D eigenvalue weighted by Crippen LogP contribution is -2.12. The van der Waals surface area contributed by atoms with Crippen LogP contribution in [-0.2, 0) is 12.8 Å². The Morgan fingerprint density at radius 1 is 1.25 bits per heavy atom. The molecule has 3 N–H and O–H groups in total. The second kappa shape index (κ2) is 5.34. The Balaban J connectivity index is 1.73. The number of thiophene rings is 1. The number of thiocarbonyl (C=S) groups is 1. The van der Waals surface area contributed by atoms with Crippen molar-refractivity contribution in [3.05, 3.63) is 51.2 Å². The lowest BCUT2D eigenvalue weighted by molar-refractivity contribution is 0.103. The van der Waals surface area contributed by atoms with Crippen molar-refractivity contribution in [2.24, 2.45) is 5.73 Å². The molecule has 0 bridgehead atoms. The number of rotatable bonds is 3. The third kappa shape index (κ3) is 2.59. The second-order valence-corrected chi connectivity index (χ2v) is 6.38. The van der Waals surface area contributed by atoms with Crippen molar-refractivity contribution in [1.82, 2.24) is 0 Å². The van der Waals surface area contributed by atoms with E-state index in [1.54, 1.807) is 11.3 Å². The number of hydrogen-bond acceptors (Lipinski definition) is 3. The van der Waals surface area contributed by atoms with Crippen LogP contribution in [0.25, 0.3) is 0 Å². The molecular weight excluding hydrogens is 288 g/mol. The molecule has 1 aliphatic carbocycles. The Morgan fingerprint density at radius 3 is 2.65 bits per heavy atom. The normalized spacial score (nSPS) is 13.0. The first-order valence-corrected chi connectivity index (χ1v) is 7.69. The fourth-order valence-electron chi connectivity index (χ4n) is 2.35. The first-order valence-electron chi connectivity index (χ1n) is 6.46. The van der Waals surface area contributed by atoms with Gasteiger partial charge in [0.25, 0.3) is 5.91 Å². The molecule has 1 aromatic carbocycles. The molecule has 1 aromatic heterocycles. The molecule has 0 spiro atoms. The fourth-order valence-corrected chi connectivity index (χ4v) is 3.64. The van der Waals surface area contributed by atoms with Gasteiger partial charge in [0.1, 0.15) is 4.99 Å². The van der Waals surface area contributed by atoms with Gasteiger partial charge in [-0.05, 0) is 55.2 Å². The van der Waals surface area contributed by atoms with E-state index in [2.05, 4.69) is 5.32 Å². The van der Waals surface area contributed by atoms with Crippen LogP contribution in [0, 0.1) is 0 Å². The van der Waals surface area contributed by atoms with Crippen LogP contribution in [0.15, 0.2) is 30.3 Å². The number of carbonyl (C=O) groups excluding carboxylic acids is 1. The third-order valence-electron chi connectivity index (χ3n) is 3.40. The average molecular weight is 302 g/mol. The van der Waals surface area contributed by atoms with Gasteiger partial charge in [0.2, 0.25) is 0 Å². The van der Waals surface area contributed by atoms with E-state index in [-0.39, 0.29) is 5.91 Å². The number of hydrogen-bond donors (Lipinski definition) is 2. The highest BCUT2D eigenvalue weighted by Crippen LogP contribution is 2.30. The van der Waals surface area contributed by atoms with Crippen LogP contribution in [0.4, 0.5) is 5.69 Å². The van der Waals surface area contributed by atoms with Crippen molar-refractivity contribution >= 4 is 40.1 Å². The predicted molar refractivity (Wildman–Crippen MR) is 86.6 cm³/mol. The minimum Gasteiger partial charge on any atom is -0.389 e. The van der Waals surface area contributed by atoms with Crippen LogP contribution in [0.3, 0.4) is 0 Å². The summed E-state index contributed by atoms with van der Waals surface area (Å²) in [7, 11) is 0. The SMILES string of the molecule is NC(=S)c1ccc(NC(=O)c2cc3c(s2)CCC3)cc1. The Kier molecular flexibility index (Phi) is 3.54. The van der Waals surface area contributed by atoms with Crippen molar-refractivity contribution in [2.75, 3.05) is 5.32 Å². The van der Waals surface area contributed by atoms with Crippen LogP contribution in [0.1, 0.15) is 32.1 Å². The largest absolute Gasteiger partial charge is 0.389 e. The van der Waals surface area contributed by atoms with Crippen LogP contribution < -0.4 is 11.1 Å². The first-order chi connectivity index (χ1) is 9.63. The minimum atomic E-state index is -0.0486. The molecule has 0 unspecified atom stereocenters. The second-order valence-electron chi connectivity index (χ2n) is 4.81. The number of nitrogens with one attached hydrogen (secondary N) is 1. The molecule has 3 nitrogen and oxygen atoms in total. The third-order valence-corrected chi connectivity index (χ3v) is 4.87. The number of fused-ring (bicyclic) bond motifs is 1. The van der Waals surface area contributed by atoms with E-state index in [1.165, 1.54) is 16.9 Å². The zero-order valence-electron chi connectivity index (χ0n) is 10.8. The van der Waals surface area contributed by atoms with Crippen molar-refractivity contribution in [3.63, 3.8) is 0 Å². The molecule has 0 atom stereocenters. The van der Waals surface area contributed by atoms with Crippen LogP contribution in [0.5, 0.6) is 0 Å². The van der Waals surface area contributed by atoms with Gasteiger partial charge in [-0.3, -0.25) is 4.79 Å². The Labute approximate surface area is 126 Å². The van der Waals surface area contributed by atoms with Gasteiger partial charge in [-0.2, -0.15) is 0 Å². The zero-order chi connectivity index (χ0) is 14.1. The number of amides is 1. The quantitative estimate of drug-likeness (QED) is 0.857. The summed E-state index contributed by atoms with van der Waals surface area (Å²) in [6.07, 6.45) is 3.42. The van der Waals surface area contributed by atoms with Gasteiger partial charge in [0, 0.05) is 16.1 Å². The van der Waals surface area contributed by atoms with Gasteiger partial charge >= 0.3 is 0 Å².